The molecule has 0 aliphatic heterocycles. The maximum atomic E-state index is 13.9. The summed E-state index contributed by atoms with van der Waals surface area (Å²) in [5.74, 6) is 0.0350. The van der Waals surface area contributed by atoms with E-state index in [9.17, 15) is 9.50 Å². The summed E-state index contributed by atoms with van der Waals surface area (Å²) < 4.78 is 19.2. The van der Waals surface area contributed by atoms with Crippen LogP contribution in [0.15, 0.2) is 12.1 Å². The van der Waals surface area contributed by atoms with Gasteiger partial charge in [0.05, 0.1) is 6.10 Å². The molecule has 0 saturated heterocycles. The predicted molar refractivity (Wildman–Crippen MR) is 64.4 cm³/mol. The van der Waals surface area contributed by atoms with E-state index < -0.39 is 6.10 Å². The van der Waals surface area contributed by atoms with Gasteiger partial charge in [-0.3, -0.25) is 0 Å². The molecule has 1 aromatic carbocycles. The zero-order chi connectivity index (χ0) is 12.6. The fourth-order valence-corrected chi connectivity index (χ4v) is 2.47. The Morgan fingerprint density at radius 2 is 2.00 bits per heavy atom. The number of aryl methyl sites for hydroxylation is 2. The van der Waals surface area contributed by atoms with E-state index in [0.29, 0.717) is 11.5 Å². The number of hydrogen-bond donors (Lipinski definition) is 1. The minimum Gasteiger partial charge on any atom is -0.386 e. The Labute approximate surface area is 101 Å². The molecule has 1 aliphatic carbocycles. The lowest BCUT2D eigenvalue weighted by atomic mass is 9.95. The van der Waals surface area contributed by atoms with Crippen LogP contribution < -0.4 is 0 Å². The highest BCUT2D eigenvalue weighted by Crippen LogP contribution is 2.40. The fraction of sp³-hybridized carbons (Fsp3) is 0.571. The smallest absolute Gasteiger partial charge is 0.129 e. The quantitative estimate of drug-likeness (QED) is 0.874. The number of ether oxygens (including phenoxy) is 1. The summed E-state index contributed by atoms with van der Waals surface area (Å²) in [6.45, 7) is 3.68. The van der Waals surface area contributed by atoms with Gasteiger partial charge in [0.2, 0.25) is 0 Å². The van der Waals surface area contributed by atoms with Crippen LogP contribution >= 0.6 is 0 Å². The van der Waals surface area contributed by atoms with Crippen molar-refractivity contribution in [2.24, 2.45) is 5.92 Å². The Bertz CT molecular complexity index is 390. The lowest BCUT2D eigenvalue weighted by molar-refractivity contribution is -0.0277. The first-order valence-corrected chi connectivity index (χ1v) is 6.02. The summed E-state index contributed by atoms with van der Waals surface area (Å²) >= 11 is 0. The Hall–Kier alpha value is -0.930. The van der Waals surface area contributed by atoms with Crippen molar-refractivity contribution in [2.75, 3.05) is 7.11 Å². The van der Waals surface area contributed by atoms with Crippen molar-refractivity contribution in [1.82, 2.24) is 0 Å². The molecular formula is C14H19FO2. The van der Waals surface area contributed by atoms with Crippen LogP contribution in [0.2, 0.25) is 0 Å². The van der Waals surface area contributed by atoms with Crippen LogP contribution in [0.1, 0.15) is 35.6 Å². The number of aliphatic hydroxyl groups excluding tert-OH is 1. The standard InChI is InChI=1S/C14H19FO2/c1-8-6-9(2)12(11(15)7-8)13(16)14(17-3)10-4-5-10/h6-7,10,13-14,16H,4-5H2,1-3H3. The minimum atomic E-state index is -0.868. The van der Waals surface area contributed by atoms with E-state index in [0.717, 1.165) is 24.0 Å². The second kappa shape index (κ2) is 4.75. The molecule has 0 bridgehead atoms. The van der Waals surface area contributed by atoms with E-state index >= 15 is 0 Å². The first-order valence-electron chi connectivity index (χ1n) is 6.02. The molecule has 1 saturated carbocycles. The van der Waals surface area contributed by atoms with E-state index in [2.05, 4.69) is 0 Å². The number of benzene rings is 1. The molecule has 3 heteroatoms. The van der Waals surface area contributed by atoms with Gasteiger partial charge in [-0.1, -0.05) is 6.07 Å². The van der Waals surface area contributed by atoms with Crippen LogP contribution in [0.3, 0.4) is 0 Å². The summed E-state index contributed by atoms with van der Waals surface area (Å²) in [7, 11) is 1.58. The van der Waals surface area contributed by atoms with Crippen molar-refractivity contribution in [2.45, 2.75) is 38.9 Å². The highest BCUT2D eigenvalue weighted by Gasteiger charge is 2.38. The van der Waals surface area contributed by atoms with Gasteiger partial charge in [-0.2, -0.15) is 0 Å². The van der Waals surface area contributed by atoms with Crippen molar-refractivity contribution < 1.29 is 14.2 Å². The third-order valence-corrected chi connectivity index (χ3v) is 3.45. The van der Waals surface area contributed by atoms with Gasteiger partial charge in [0.25, 0.3) is 0 Å². The molecule has 0 aromatic heterocycles. The second-order valence-electron chi connectivity index (χ2n) is 4.96. The molecule has 1 N–H and O–H groups in total. The first-order chi connectivity index (χ1) is 8.04. The molecule has 2 rings (SSSR count). The lowest BCUT2D eigenvalue weighted by Crippen LogP contribution is -2.24. The number of rotatable bonds is 4. The molecule has 0 heterocycles. The van der Waals surface area contributed by atoms with Gasteiger partial charge in [-0.25, -0.2) is 4.39 Å². The van der Waals surface area contributed by atoms with Gasteiger partial charge in [-0.05, 0) is 49.8 Å². The molecule has 2 atom stereocenters. The zero-order valence-corrected chi connectivity index (χ0v) is 10.5. The third-order valence-electron chi connectivity index (χ3n) is 3.45. The Kier molecular flexibility index (Phi) is 3.50. The van der Waals surface area contributed by atoms with Crippen LogP contribution in [0.5, 0.6) is 0 Å². The van der Waals surface area contributed by atoms with Gasteiger partial charge in [0.15, 0.2) is 0 Å². The zero-order valence-electron chi connectivity index (χ0n) is 10.5. The number of methoxy groups -OCH3 is 1. The lowest BCUT2D eigenvalue weighted by Gasteiger charge is -2.23. The summed E-state index contributed by atoms with van der Waals surface area (Å²) in [5.41, 5.74) is 2.04. The van der Waals surface area contributed by atoms with Gasteiger partial charge >= 0.3 is 0 Å². The predicted octanol–water partition coefficient (Wildman–Crippen LogP) is 2.90. The van der Waals surface area contributed by atoms with Gasteiger partial charge in [0, 0.05) is 12.7 Å². The van der Waals surface area contributed by atoms with Crippen LogP contribution in [0.4, 0.5) is 4.39 Å². The molecule has 2 unspecified atom stereocenters. The van der Waals surface area contributed by atoms with Gasteiger partial charge in [0.1, 0.15) is 11.9 Å². The van der Waals surface area contributed by atoms with Crippen molar-refractivity contribution in [3.8, 4) is 0 Å². The first kappa shape index (κ1) is 12.5. The molecule has 0 radical (unpaired) electrons. The van der Waals surface area contributed by atoms with Crippen LogP contribution in [0, 0.1) is 25.6 Å². The van der Waals surface area contributed by atoms with Crippen molar-refractivity contribution in [1.29, 1.82) is 0 Å². The topological polar surface area (TPSA) is 29.5 Å². The summed E-state index contributed by atoms with van der Waals surface area (Å²) in [6.07, 6.45) is 0.962. The average molecular weight is 238 g/mol. The molecule has 1 aliphatic rings. The summed E-state index contributed by atoms with van der Waals surface area (Å²) in [5, 5.41) is 10.3. The molecule has 0 spiro atoms. The average Bonchev–Trinajstić information content (AvgIpc) is 3.01. The SMILES string of the molecule is COC(C1CC1)C(O)c1c(C)cc(C)cc1F. The monoisotopic (exact) mass is 238 g/mol. The Morgan fingerprint density at radius 1 is 1.35 bits per heavy atom. The van der Waals surface area contributed by atoms with E-state index in [1.165, 1.54) is 6.07 Å². The van der Waals surface area contributed by atoms with Crippen molar-refractivity contribution in [3.63, 3.8) is 0 Å². The summed E-state index contributed by atoms with van der Waals surface area (Å²) in [4.78, 5) is 0. The summed E-state index contributed by atoms with van der Waals surface area (Å²) in [6, 6.07) is 3.35. The fourth-order valence-electron chi connectivity index (χ4n) is 2.47. The van der Waals surface area contributed by atoms with Crippen molar-refractivity contribution >= 4 is 0 Å². The molecule has 17 heavy (non-hydrogen) atoms. The molecule has 2 nitrogen and oxygen atoms in total. The maximum absolute atomic E-state index is 13.9. The van der Waals surface area contributed by atoms with E-state index in [-0.39, 0.29) is 11.9 Å². The maximum Gasteiger partial charge on any atom is 0.129 e. The number of aliphatic hydroxyl groups is 1. The molecular weight excluding hydrogens is 219 g/mol. The number of hydrogen-bond acceptors (Lipinski definition) is 2. The molecule has 1 aromatic rings. The number of halogens is 1. The van der Waals surface area contributed by atoms with Crippen LogP contribution in [-0.2, 0) is 4.74 Å². The molecule has 94 valence electrons. The third kappa shape index (κ3) is 2.50. The van der Waals surface area contributed by atoms with E-state index in [1.54, 1.807) is 7.11 Å². The normalized spacial score (nSPS) is 19.1. The van der Waals surface area contributed by atoms with Gasteiger partial charge in [-0.15, -0.1) is 0 Å². The van der Waals surface area contributed by atoms with E-state index in [4.69, 9.17) is 4.74 Å². The molecule has 0 amide bonds. The van der Waals surface area contributed by atoms with Crippen LogP contribution in [-0.4, -0.2) is 18.3 Å². The van der Waals surface area contributed by atoms with Crippen LogP contribution in [0.25, 0.3) is 0 Å². The Morgan fingerprint density at radius 3 is 2.47 bits per heavy atom. The van der Waals surface area contributed by atoms with E-state index in [1.807, 2.05) is 19.9 Å². The highest BCUT2D eigenvalue weighted by molar-refractivity contribution is 5.34. The van der Waals surface area contributed by atoms with Crippen molar-refractivity contribution in [3.05, 3.63) is 34.6 Å². The molecule has 1 fully saturated rings. The Balaban J connectivity index is 2.32. The largest absolute Gasteiger partial charge is 0.386 e. The van der Waals surface area contributed by atoms with Gasteiger partial charge < -0.3 is 9.84 Å². The second-order valence-corrected chi connectivity index (χ2v) is 4.96. The highest BCUT2D eigenvalue weighted by atomic mass is 19.1. The minimum absolute atomic E-state index is 0.286.